The van der Waals surface area contributed by atoms with E-state index in [2.05, 4.69) is 22.3 Å². The molecule has 3 aromatic rings. The van der Waals surface area contributed by atoms with Crippen LogP contribution in [0.15, 0.2) is 54.6 Å². The van der Waals surface area contributed by atoms with Crippen molar-refractivity contribution in [2.75, 3.05) is 13.1 Å². The summed E-state index contributed by atoms with van der Waals surface area (Å²) < 4.78 is 0.878. The van der Waals surface area contributed by atoms with Crippen LogP contribution in [0.25, 0.3) is 10.1 Å². The highest BCUT2D eigenvalue weighted by atomic mass is 32.1. The van der Waals surface area contributed by atoms with E-state index in [0.717, 1.165) is 36.1 Å². The monoisotopic (exact) mass is 381 g/mol. The Morgan fingerprint density at radius 1 is 1.22 bits per heavy atom. The number of carbonyl (C=O) groups is 1. The Labute approximate surface area is 160 Å². The van der Waals surface area contributed by atoms with Crippen molar-refractivity contribution in [1.82, 2.24) is 10.2 Å². The fraction of sp³-hybridized carbons (Fsp3) is 0.250. The number of likely N-dealkylation sites (tertiary alicyclic amines) is 1. The molecular weight excluding hydrogens is 362 g/mol. The van der Waals surface area contributed by atoms with E-state index in [1.807, 2.05) is 18.2 Å². The summed E-state index contributed by atoms with van der Waals surface area (Å²) in [6.07, 6.45) is 0.926. The van der Waals surface area contributed by atoms with Crippen LogP contribution < -0.4 is 5.32 Å². The third kappa shape index (κ3) is 3.99. The van der Waals surface area contributed by atoms with E-state index in [1.165, 1.54) is 29.0 Å². The number of carbonyl (C=O) groups excluding carboxylic acids is 1. The largest absolute Gasteiger partial charge is 0.347 e. The molecule has 1 amide bonds. The highest BCUT2D eigenvalue weighted by Crippen LogP contribution is 2.29. The first-order valence-corrected chi connectivity index (χ1v) is 9.65. The van der Waals surface area contributed by atoms with Gasteiger partial charge in [-0.1, -0.05) is 30.3 Å². The highest BCUT2D eigenvalue weighted by Gasteiger charge is 2.25. The van der Waals surface area contributed by atoms with E-state index in [1.54, 1.807) is 12.1 Å². The van der Waals surface area contributed by atoms with Gasteiger partial charge in [-0.25, -0.2) is 0 Å². The van der Waals surface area contributed by atoms with Crippen LogP contribution in [0, 0.1) is 10.1 Å². The van der Waals surface area contributed by atoms with Gasteiger partial charge in [-0.3, -0.25) is 19.8 Å². The second-order valence-electron chi connectivity index (χ2n) is 6.77. The molecule has 1 fully saturated rings. The minimum Gasteiger partial charge on any atom is -0.347 e. The van der Waals surface area contributed by atoms with Gasteiger partial charge >= 0.3 is 0 Å². The third-order valence-electron chi connectivity index (χ3n) is 4.79. The maximum Gasteiger partial charge on any atom is 0.270 e. The van der Waals surface area contributed by atoms with E-state index < -0.39 is 4.92 Å². The van der Waals surface area contributed by atoms with Crippen molar-refractivity contribution >= 4 is 33.0 Å². The van der Waals surface area contributed by atoms with Crippen LogP contribution in [0.2, 0.25) is 0 Å². The lowest BCUT2D eigenvalue weighted by Crippen LogP contribution is -2.36. The number of rotatable bonds is 5. The maximum atomic E-state index is 12.6. The highest BCUT2D eigenvalue weighted by molar-refractivity contribution is 7.20. The van der Waals surface area contributed by atoms with E-state index in [-0.39, 0.29) is 17.6 Å². The van der Waals surface area contributed by atoms with Gasteiger partial charge in [-0.05, 0) is 24.1 Å². The Bertz CT molecular complexity index is 987. The Morgan fingerprint density at radius 3 is 2.81 bits per heavy atom. The molecule has 2 aromatic carbocycles. The topological polar surface area (TPSA) is 75.5 Å². The van der Waals surface area contributed by atoms with Gasteiger partial charge in [-0.15, -0.1) is 11.3 Å². The van der Waals surface area contributed by atoms with Crippen LogP contribution in [-0.4, -0.2) is 34.9 Å². The van der Waals surface area contributed by atoms with Crippen LogP contribution in [0.1, 0.15) is 21.7 Å². The molecule has 1 aliphatic rings. The van der Waals surface area contributed by atoms with Crippen molar-refractivity contribution in [3.8, 4) is 0 Å². The predicted molar refractivity (Wildman–Crippen MR) is 106 cm³/mol. The van der Waals surface area contributed by atoms with Crippen molar-refractivity contribution in [1.29, 1.82) is 0 Å². The minimum absolute atomic E-state index is 0.0413. The molecule has 138 valence electrons. The van der Waals surface area contributed by atoms with Crippen LogP contribution in [-0.2, 0) is 6.54 Å². The van der Waals surface area contributed by atoms with Gasteiger partial charge in [0, 0.05) is 47.9 Å². The molecular formula is C20H19N3O3S. The molecule has 0 spiro atoms. The number of nitro groups is 1. The fourth-order valence-electron chi connectivity index (χ4n) is 3.45. The average Bonchev–Trinajstić information content (AvgIpc) is 3.28. The molecule has 0 bridgehead atoms. The van der Waals surface area contributed by atoms with E-state index in [0.29, 0.717) is 4.88 Å². The maximum absolute atomic E-state index is 12.6. The Balaban J connectivity index is 1.39. The predicted octanol–water partition coefficient (Wildman–Crippen LogP) is 3.81. The van der Waals surface area contributed by atoms with E-state index in [4.69, 9.17) is 0 Å². The van der Waals surface area contributed by atoms with Gasteiger partial charge in [0.2, 0.25) is 0 Å². The molecule has 1 N–H and O–H groups in total. The summed E-state index contributed by atoms with van der Waals surface area (Å²) in [7, 11) is 0. The molecule has 1 saturated heterocycles. The summed E-state index contributed by atoms with van der Waals surface area (Å²) in [5.41, 5.74) is 1.31. The summed E-state index contributed by atoms with van der Waals surface area (Å²) in [5, 5.41) is 14.7. The Hall–Kier alpha value is -2.77. The van der Waals surface area contributed by atoms with Crippen LogP contribution >= 0.6 is 11.3 Å². The molecule has 0 saturated carbocycles. The molecule has 7 heteroatoms. The summed E-state index contributed by atoms with van der Waals surface area (Å²) in [5.74, 6) is -0.106. The number of thiophene rings is 1. The zero-order chi connectivity index (χ0) is 18.8. The van der Waals surface area contributed by atoms with Gasteiger partial charge in [0.05, 0.1) is 9.80 Å². The number of nitrogens with zero attached hydrogens (tertiary/aromatic N) is 2. The first-order chi connectivity index (χ1) is 13.1. The number of benzene rings is 2. The summed E-state index contributed by atoms with van der Waals surface area (Å²) >= 11 is 1.36. The molecule has 1 atom stereocenters. The summed E-state index contributed by atoms with van der Waals surface area (Å²) in [6, 6.07) is 16.9. The number of amides is 1. The molecule has 27 heavy (non-hydrogen) atoms. The number of non-ortho nitro benzene ring substituents is 1. The summed E-state index contributed by atoms with van der Waals surface area (Å²) in [6.45, 7) is 2.68. The van der Waals surface area contributed by atoms with Gasteiger partial charge in [-0.2, -0.15) is 0 Å². The number of nitro benzene ring substituents is 1. The third-order valence-corrected chi connectivity index (χ3v) is 5.91. The van der Waals surface area contributed by atoms with Crippen LogP contribution in [0.4, 0.5) is 5.69 Å². The molecule has 0 aliphatic carbocycles. The van der Waals surface area contributed by atoms with Gasteiger partial charge < -0.3 is 5.32 Å². The smallest absolute Gasteiger partial charge is 0.270 e. The molecule has 0 unspecified atom stereocenters. The van der Waals surface area contributed by atoms with Gasteiger partial charge in [0.25, 0.3) is 11.6 Å². The zero-order valence-corrected chi connectivity index (χ0v) is 15.4. The quantitative estimate of drug-likeness (QED) is 0.539. The van der Waals surface area contributed by atoms with Crippen molar-refractivity contribution in [2.45, 2.75) is 19.0 Å². The van der Waals surface area contributed by atoms with Crippen LogP contribution in [0.3, 0.4) is 0 Å². The molecule has 4 rings (SSSR count). The van der Waals surface area contributed by atoms with Crippen molar-refractivity contribution in [2.24, 2.45) is 0 Å². The number of hydrogen-bond acceptors (Lipinski definition) is 5. The lowest BCUT2D eigenvalue weighted by atomic mass is 10.2. The lowest BCUT2D eigenvalue weighted by molar-refractivity contribution is -0.384. The number of nitrogens with one attached hydrogen (secondary N) is 1. The Morgan fingerprint density at radius 2 is 2.04 bits per heavy atom. The molecule has 0 radical (unpaired) electrons. The first-order valence-electron chi connectivity index (χ1n) is 8.83. The van der Waals surface area contributed by atoms with Gasteiger partial charge in [0.15, 0.2) is 0 Å². The van der Waals surface area contributed by atoms with E-state index in [9.17, 15) is 14.9 Å². The second-order valence-corrected chi connectivity index (χ2v) is 7.85. The SMILES string of the molecule is O=C(N[C@H]1CCN(Cc2ccccc2)C1)c1cc2cc([N+](=O)[O-])ccc2s1. The lowest BCUT2D eigenvalue weighted by Gasteiger charge is -2.16. The molecule has 6 nitrogen and oxygen atoms in total. The van der Waals surface area contributed by atoms with Crippen molar-refractivity contribution < 1.29 is 9.72 Å². The van der Waals surface area contributed by atoms with Gasteiger partial charge in [0.1, 0.15) is 0 Å². The van der Waals surface area contributed by atoms with Crippen molar-refractivity contribution in [3.63, 3.8) is 0 Å². The minimum atomic E-state index is -0.420. The van der Waals surface area contributed by atoms with E-state index >= 15 is 0 Å². The number of hydrogen-bond donors (Lipinski definition) is 1. The Kier molecular flexibility index (Phi) is 4.87. The zero-order valence-electron chi connectivity index (χ0n) is 14.6. The summed E-state index contributed by atoms with van der Waals surface area (Å²) in [4.78, 5) is 26.0. The van der Waals surface area contributed by atoms with Crippen LogP contribution in [0.5, 0.6) is 0 Å². The fourth-order valence-corrected chi connectivity index (χ4v) is 4.39. The molecule has 2 heterocycles. The second kappa shape index (κ2) is 7.46. The molecule has 1 aliphatic heterocycles. The average molecular weight is 381 g/mol. The normalized spacial score (nSPS) is 17.3. The standard InChI is InChI=1S/C20H19N3O3S/c24-20(19-11-15-10-17(23(25)26)6-7-18(15)27-19)21-16-8-9-22(13-16)12-14-4-2-1-3-5-14/h1-7,10-11,16H,8-9,12-13H2,(H,21,24)/t16-/m0/s1. The number of fused-ring (bicyclic) bond motifs is 1. The molecule has 1 aromatic heterocycles. The first kappa shape index (κ1) is 17.6. The van der Waals surface area contributed by atoms with Crippen molar-refractivity contribution in [3.05, 3.63) is 75.2 Å².